The maximum Gasteiger partial charge on any atom is 0.331 e. The first-order valence-corrected chi connectivity index (χ1v) is 12.5. The van der Waals surface area contributed by atoms with Crippen LogP contribution < -0.4 is 0 Å². The second-order valence-electron chi connectivity index (χ2n) is 12.0. The van der Waals surface area contributed by atoms with Crippen LogP contribution in [-0.2, 0) is 14.3 Å². The lowest BCUT2D eigenvalue weighted by Gasteiger charge is -2.54. The van der Waals surface area contributed by atoms with Crippen molar-refractivity contribution in [2.75, 3.05) is 0 Å². The van der Waals surface area contributed by atoms with Crippen LogP contribution in [0.2, 0.25) is 0 Å². The Balaban J connectivity index is 1.55. The third-order valence-corrected chi connectivity index (χ3v) is 10.0. The Labute approximate surface area is 201 Å². The molecule has 0 heterocycles. The van der Waals surface area contributed by atoms with Gasteiger partial charge in [-0.2, -0.15) is 0 Å². The lowest BCUT2D eigenvalue weighted by Crippen LogP contribution is -2.62. The highest BCUT2D eigenvalue weighted by molar-refractivity contribution is 6.04. The van der Waals surface area contributed by atoms with Gasteiger partial charge in [-0.05, 0) is 60.6 Å². The van der Waals surface area contributed by atoms with Crippen LogP contribution in [-0.4, -0.2) is 40.3 Å². The molecule has 0 unspecified atom stereocenters. The molecule has 8 atom stereocenters. The summed E-state index contributed by atoms with van der Waals surface area (Å²) in [7, 11) is 0. The molecule has 34 heavy (non-hydrogen) atoms. The number of hydrogen-bond acceptors (Lipinski definition) is 5. The number of rotatable bonds is 3. The van der Waals surface area contributed by atoms with Crippen molar-refractivity contribution >= 4 is 17.8 Å². The lowest BCUT2D eigenvalue weighted by atomic mass is 9.50. The van der Waals surface area contributed by atoms with E-state index < -0.39 is 35.1 Å². The molecule has 2 fully saturated rings. The third-order valence-electron chi connectivity index (χ3n) is 10.0. The van der Waals surface area contributed by atoms with Gasteiger partial charge in [0.1, 0.15) is 6.10 Å². The fraction of sp³-hybridized carbons (Fsp3) is 0.586. The molecule has 0 aromatic heterocycles. The number of esters is 1. The van der Waals surface area contributed by atoms with Gasteiger partial charge in [0, 0.05) is 23.0 Å². The van der Waals surface area contributed by atoms with E-state index in [4.69, 9.17) is 4.74 Å². The number of carbonyl (C=O) groups excluding carboxylic acids is 2. The highest BCUT2D eigenvalue weighted by Crippen LogP contribution is 2.72. The van der Waals surface area contributed by atoms with Crippen LogP contribution in [0, 0.1) is 34.0 Å². The molecule has 2 saturated carbocycles. The molecule has 0 saturated heterocycles. The molecular weight excluding hydrogens is 428 g/mol. The van der Waals surface area contributed by atoms with E-state index in [1.165, 1.54) is 6.08 Å². The minimum Gasteiger partial charge on any atom is -0.458 e. The molecule has 0 spiro atoms. The van der Waals surface area contributed by atoms with E-state index in [2.05, 4.69) is 13.8 Å². The molecule has 182 valence electrons. The van der Waals surface area contributed by atoms with Crippen LogP contribution in [0.25, 0.3) is 6.08 Å². The Morgan fingerprint density at radius 3 is 2.47 bits per heavy atom. The number of Topliss-reactive ketones (excluding diaryl/α,β-unsaturated/α-hetero) is 1. The van der Waals surface area contributed by atoms with Crippen LogP contribution in [0.4, 0.5) is 0 Å². The number of carbonyl (C=O) groups is 2. The van der Waals surface area contributed by atoms with E-state index in [9.17, 15) is 19.8 Å². The van der Waals surface area contributed by atoms with Crippen molar-refractivity contribution < 1.29 is 24.5 Å². The van der Waals surface area contributed by atoms with Crippen LogP contribution in [0.1, 0.15) is 59.4 Å². The molecule has 4 aliphatic rings. The second-order valence-corrected chi connectivity index (χ2v) is 12.0. The Hall–Kier alpha value is -2.24. The number of hydrogen-bond donors (Lipinski definition) is 2. The van der Waals surface area contributed by atoms with E-state index in [1.807, 2.05) is 51.1 Å². The minimum absolute atomic E-state index is 0.0409. The number of fused-ring (bicyclic) bond motifs is 2. The summed E-state index contributed by atoms with van der Waals surface area (Å²) < 4.78 is 6.20. The molecule has 0 amide bonds. The predicted molar refractivity (Wildman–Crippen MR) is 129 cm³/mol. The quantitative estimate of drug-likeness (QED) is 0.514. The number of benzene rings is 1. The zero-order valence-corrected chi connectivity index (χ0v) is 20.7. The van der Waals surface area contributed by atoms with Crippen molar-refractivity contribution in [3.63, 3.8) is 0 Å². The summed E-state index contributed by atoms with van der Waals surface area (Å²) in [6.07, 6.45) is 2.72. The van der Waals surface area contributed by atoms with Crippen LogP contribution in [0.5, 0.6) is 0 Å². The van der Waals surface area contributed by atoms with Crippen molar-refractivity contribution in [1.29, 1.82) is 0 Å². The van der Waals surface area contributed by atoms with Gasteiger partial charge in [0.2, 0.25) is 0 Å². The highest BCUT2D eigenvalue weighted by Gasteiger charge is 2.75. The molecular formula is C29H36O5. The van der Waals surface area contributed by atoms with Crippen molar-refractivity contribution in [2.24, 2.45) is 34.0 Å². The van der Waals surface area contributed by atoms with Gasteiger partial charge in [-0.25, -0.2) is 4.79 Å². The first kappa shape index (κ1) is 23.5. The van der Waals surface area contributed by atoms with E-state index in [-0.39, 0.29) is 23.0 Å². The van der Waals surface area contributed by atoms with Crippen LogP contribution in [0.15, 0.2) is 47.6 Å². The summed E-state index contributed by atoms with van der Waals surface area (Å²) in [4.78, 5) is 27.3. The Kier molecular flexibility index (Phi) is 5.27. The first-order chi connectivity index (χ1) is 15.9. The summed E-state index contributed by atoms with van der Waals surface area (Å²) in [5.74, 6) is -0.274. The van der Waals surface area contributed by atoms with Crippen LogP contribution in [0.3, 0.4) is 0 Å². The monoisotopic (exact) mass is 464 g/mol. The van der Waals surface area contributed by atoms with E-state index in [1.54, 1.807) is 6.08 Å². The SMILES string of the molecule is C[C@H]1CC2=C([C@H]1O)[C@@H](O)[C@]1(C)CC[C@H]3[C@@H]([C@@H](OC(=O)/C=C/c4ccccc4)[C@]1(C)C2=O)C3(C)C. The summed E-state index contributed by atoms with van der Waals surface area (Å²) in [6, 6.07) is 9.56. The molecule has 0 aliphatic heterocycles. The zero-order valence-electron chi connectivity index (χ0n) is 20.7. The Morgan fingerprint density at radius 1 is 1.12 bits per heavy atom. The molecule has 5 nitrogen and oxygen atoms in total. The van der Waals surface area contributed by atoms with Crippen molar-refractivity contribution in [3.05, 3.63) is 53.1 Å². The Bertz CT molecular complexity index is 1080. The lowest BCUT2D eigenvalue weighted by molar-refractivity contribution is -0.177. The van der Waals surface area contributed by atoms with Gasteiger partial charge in [-0.3, -0.25) is 4.79 Å². The fourth-order valence-electron chi connectivity index (χ4n) is 7.48. The van der Waals surface area contributed by atoms with Crippen LogP contribution >= 0.6 is 0 Å². The fourth-order valence-corrected chi connectivity index (χ4v) is 7.48. The first-order valence-electron chi connectivity index (χ1n) is 12.5. The van der Waals surface area contributed by atoms with E-state index in [0.717, 1.165) is 12.0 Å². The normalized spacial score (nSPS) is 42.6. The van der Waals surface area contributed by atoms with Gasteiger partial charge in [0.15, 0.2) is 5.78 Å². The summed E-state index contributed by atoms with van der Waals surface area (Å²) in [6.45, 7) is 10.1. The maximum absolute atomic E-state index is 14.2. The molecule has 5 rings (SSSR count). The Morgan fingerprint density at radius 2 is 1.79 bits per heavy atom. The third kappa shape index (κ3) is 3.06. The van der Waals surface area contributed by atoms with Gasteiger partial charge < -0.3 is 14.9 Å². The average molecular weight is 465 g/mol. The number of aliphatic hydroxyl groups is 2. The standard InChI is InChI=1S/C29H36O5/c1-16-15-18-21(23(16)31)25(33)28(4)14-13-19-22(27(19,2)3)26(29(28,5)24(18)32)34-20(30)12-11-17-9-7-6-8-10-17/h6-12,16,19,22-23,25-26,31,33H,13-15H2,1-5H3/b12-11+/t16-,19-,22-,23-,25+,26+,28-,29-/m0/s1. The molecule has 1 aromatic carbocycles. The number of aliphatic hydroxyl groups excluding tert-OH is 2. The van der Waals surface area contributed by atoms with Gasteiger partial charge in [-0.1, -0.05) is 58.0 Å². The zero-order chi connectivity index (χ0) is 24.6. The van der Waals surface area contributed by atoms with Crippen molar-refractivity contribution in [2.45, 2.75) is 72.2 Å². The summed E-state index contributed by atoms with van der Waals surface area (Å²) >= 11 is 0. The molecule has 0 bridgehead atoms. The molecule has 0 radical (unpaired) electrons. The number of ketones is 1. The van der Waals surface area contributed by atoms with Gasteiger partial charge in [-0.15, -0.1) is 0 Å². The molecule has 5 heteroatoms. The van der Waals surface area contributed by atoms with Crippen molar-refractivity contribution in [3.8, 4) is 0 Å². The number of allylic oxidation sites excluding steroid dienone is 1. The smallest absolute Gasteiger partial charge is 0.331 e. The van der Waals surface area contributed by atoms with E-state index in [0.29, 0.717) is 29.9 Å². The number of ether oxygens (including phenoxy) is 1. The molecule has 4 aliphatic carbocycles. The van der Waals surface area contributed by atoms with Gasteiger partial charge >= 0.3 is 5.97 Å². The van der Waals surface area contributed by atoms with Crippen molar-refractivity contribution in [1.82, 2.24) is 0 Å². The molecule has 2 N–H and O–H groups in total. The summed E-state index contributed by atoms with van der Waals surface area (Å²) in [5.41, 5.74) is 0.00524. The topological polar surface area (TPSA) is 83.8 Å². The second kappa shape index (κ2) is 7.63. The van der Waals surface area contributed by atoms with Gasteiger partial charge in [0.25, 0.3) is 0 Å². The largest absolute Gasteiger partial charge is 0.458 e. The predicted octanol–water partition coefficient (Wildman–Crippen LogP) is 4.33. The molecule has 1 aromatic rings. The highest BCUT2D eigenvalue weighted by atomic mass is 16.5. The minimum atomic E-state index is -1.07. The average Bonchev–Trinajstić information content (AvgIpc) is 3.25. The van der Waals surface area contributed by atoms with Gasteiger partial charge in [0.05, 0.1) is 17.6 Å². The maximum atomic E-state index is 14.2. The van der Waals surface area contributed by atoms with E-state index >= 15 is 0 Å². The summed E-state index contributed by atoms with van der Waals surface area (Å²) in [5, 5.41) is 22.4.